The lowest BCUT2D eigenvalue weighted by Crippen LogP contribution is -2.19. The molecule has 1 aliphatic heterocycles. The number of halogens is 2. The monoisotopic (exact) mass is 493 g/mol. The van der Waals surface area contributed by atoms with Gasteiger partial charge in [-0.15, -0.1) is 5.10 Å². The number of para-hydroxylation sites is 1. The number of ether oxygens (including phenoxy) is 1. The number of rotatable bonds is 5. The fraction of sp³-hybridized carbons (Fsp3) is 0.320. The van der Waals surface area contributed by atoms with Crippen LogP contribution in [0.5, 0.6) is 5.75 Å². The molecule has 3 heterocycles. The lowest BCUT2D eigenvalue weighted by molar-refractivity contribution is 0.102. The number of carbonyl (C=O) groups excluding carboxylic acids is 1. The number of nitrogens with zero attached hydrogens (tertiary/aromatic N) is 6. The number of aromatic nitrogens is 6. The van der Waals surface area contributed by atoms with Crippen molar-refractivity contribution in [1.29, 1.82) is 0 Å². The summed E-state index contributed by atoms with van der Waals surface area (Å²) >= 11 is 0. The fourth-order valence-electron chi connectivity index (χ4n) is 4.31. The second-order valence-corrected chi connectivity index (χ2v) is 8.80. The van der Waals surface area contributed by atoms with Crippen LogP contribution in [0.3, 0.4) is 0 Å². The molecule has 9 nitrogen and oxygen atoms in total. The first-order valence-electron chi connectivity index (χ1n) is 11.3. The van der Waals surface area contributed by atoms with Crippen LogP contribution < -0.4 is 10.1 Å². The van der Waals surface area contributed by atoms with Gasteiger partial charge < -0.3 is 14.6 Å². The third kappa shape index (κ3) is 4.00. The minimum atomic E-state index is -0.720. The minimum absolute atomic E-state index is 0. The third-order valence-electron chi connectivity index (χ3n) is 6.35. The molecule has 186 valence electrons. The molecule has 11 heteroatoms. The van der Waals surface area contributed by atoms with E-state index >= 15 is 0 Å². The molecule has 0 bridgehead atoms. The van der Waals surface area contributed by atoms with Crippen molar-refractivity contribution in [3.8, 4) is 22.8 Å². The Labute approximate surface area is 206 Å². The molecule has 2 aromatic carbocycles. The Morgan fingerprint density at radius 1 is 1.28 bits per heavy atom. The molecule has 6 rings (SSSR count). The maximum Gasteiger partial charge on any atom is 0.258 e. The average molecular weight is 494 g/mol. The average Bonchev–Trinajstić information content (AvgIpc) is 3.43. The number of carbonyl (C=O) groups is 1. The summed E-state index contributed by atoms with van der Waals surface area (Å²) in [4.78, 5) is 17.7. The first kappa shape index (κ1) is 23.6. The second-order valence-electron chi connectivity index (χ2n) is 8.80. The summed E-state index contributed by atoms with van der Waals surface area (Å²) in [5.74, 6) is -0.188. The Kier molecular flexibility index (Phi) is 5.99. The number of hydrogen-bond acceptors (Lipinski definition) is 6. The quantitative estimate of drug-likeness (QED) is 0.435. The van der Waals surface area contributed by atoms with Crippen LogP contribution in [0.4, 0.5) is 14.5 Å². The van der Waals surface area contributed by atoms with Crippen LogP contribution in [-0.4, -0.2) is 48.9 Å². The highest BCUT2D eigenvalue weighted by atomic mass is 19.1. The predicted octanol–water partition coefficient (Wildman–Crippen LogP) is 4.64. The summed E-state index contributed by atoms with van der Waals surface area (Å²) in [5.41, 5.74) is 3.04. The molecule has 1 atom stereocenters. The predicted molar refractivity (Wildman–Crippen MR) is 129 cm³/mol. The van der Waals surface area contributed by atoms with E-state index in [1.165, 1.54) is 16.8 Å². The van der Waals surface area contributed by atoms with Gasteiger partial charge in [-0.1, -0.05) is 13.5 Å². The van der Waals surface area contributed by atoms with Gasteiger partial charge in [-0.05, 0) is 60.0 Å². The summed E-state index contributed by atoms with van der Waals surface area (Å²) in [6.07, 6.45) is 5.85. The molecule has 0 spiro atoms. The molecular weight excluding hydrogens is 468 g/mol. The van der Waals surface area contributed by atoms with Gasteiger partial charge in [0.1, 0.15) is 25.1 Å². The number of benzene rings is 2. The largest absolute Gasteiger partial charge is 0.488 e. The Morgan fingerprint density at radius 3 is 2.89 bits per heavy atom. The Bertz CT molecular complexity index is 1440. The van der Waals surface area contributed by atoms with Crippen molar-refractivity contribution in [2.75, 3.05) is 18.6 Å². The van der Waals surface area contributed by atoms with E-state index in [0.29, 0.717) is 40.0 Å². The van der Waals surface area contributed by atoms with Gasteiger partial charge in [-0.25, -0.2) is 18.4 Å². The summed E-state index contributed by atoms with van der Waals surface area (Å²) < 4.78 is 37.5. The van der Waals surface area contributed by atoms with Crippen molar-refractivity contribution in [2.24, 2.45) is 0 Å². The molecule has 1 N–H and O–H groups in total. The summed E-state index contributed by atoms with van der Waals surface area (Å²) in [5, 5.41) is 14.3. The lowest BCUT2D eigenvalue weighted by Gasteiger charge is -2.15. The highest BCUT2D eigenvalue weighted by Gasteiger charge is 2.29. The minimum Gasteiger partial charge on any atom is -0.488 e. The van der Waals surface area contributed by atoms with Crippen LogP contribution in [0, 0.1) is 12.7 Å². The SMILES string of the molecule is C.Cc1cc(F)c(C(=O)Nc2cccc3c2OC[C@H](CF)n2nnnc2-3)cc1-n1cnc(C2CC2)c1. The summed E-state index contributed by atoms with van der Waals surface area (Å²) in [6, 6.07) is 7.18. The first-order valence-corrected chi connectivity index (χ1v) is 11.3. The molecule has 2 aliphatic rings. The van der Waals surface area contributed by atoms with E-state index in [1.54, 1.807) is 31.5 Å². The number of tetrazole rings is 1. The molecule has 36 heavy (non-hydrogen) atoms. The molecule has 4 aromatic rings. The van der Waals surface area contributed by atoms with E-state index in [1.807, 2.05) is 10.8 Å². The number of anilines is 1. The second kappa shape index (κ2) is 9.14. The first-order chi connectivity index (χ1) is 17.0. The van der Waals surface area contributed by atoms with Gasteiger partial charge in [0, 0.05) is 12.1 Å². The number of aryl methyl sites for hydroxylation is 1. The molecule has 2 aromatic heterocycles. The van der Waals surface area contributed by atoms with E-state index in [4.69, 9.17) is 4.74 Å². The number of nitrogens with one attached hydrogen (secondary N) is 1. The third-order valence-corrected chi connectivity index (χ3v) is 6.35. The number of fused-ring (bicyclic) bond motifs is 3. The molecule has 0 saturated heterocycles. The number of imidazole rings is 1. The Morgan fingerprint density at radius 2 is 2.11 bits per heavy atom. The molecular formula is C25H25F2N7O2. The fourth-order valence-corrected chi connectivity index (χ4v) is 4.31. The van der Waals surface area contributed by atoms with Crippen molar-refractivity contribution in [3.05, 3.63) is 65.5 Å². The molecule has 1 amide bonds. The number of hydrogen-bond donors (Lipinski definition) is 1. The summed E-state index contributed by atoms with van der Waals surface area (Å²) in [7, 11) is 0. The van der Waals surface area contributed by atoms with Gasteiger partial charge >= 0.3 is 0 Å². The van der Waals surface area contributed by atoms with E-state index in [9.17, 15) is 13.6 Å². The summed E-state index contributed by atoms with van der Waals surface area (Å²) in [6.45, 7) is 1.04. The molecule has 1 aliphatic carbocycles. The van der Waals surface area contributed by atoms with Crippen LogP contribution in [0.25, 0.3) is 17.1 Å². The molecule has 0 unspecified atom stereocenters. The maximum atomic E-state index is 14.9. The van der Waals surface area contributed by atoms with Crippen LogP contribution in [0.1, 0.15) is 53.8 Å². The van der Waals surface area contributed by atoms with Gasteiger partial charge in [0.2, 0.25) is 0 Å². The smallest absolute Gasteiger partial charge is 0.258 e. The maximum absolute atomic E-state index is 14.9. The van der Waals surface area contributed by atoms with Crippen molar-refractivity contribution in [2.45, 2.75) is 39.2 Å². The number of amides is 1. The van der Waals surface area contributed by atoms with Gasteiger partial charge in [-0.2, -0.15) is 0 Å². The highest BCUT2D eigenvalue weighted by molar-refractivity contribution is 6.06. The van der Waals surface area contributed by atoms with E-state index in [0.717, 1.165) is 18.5 Å². The van der Waals surface area contributed by atoms with Gasteiger partial charge in [-0.3, -0.25) is 4.79 Å². The lowest BCUT2D eigenvalue weighted by atomic mass is 10.1. The van der Waals surface area contributed by atoms with Crippen LogP contribution in [0.2, 0.25) is 0 Å². The molecule has 1 fully saturated rings. The van der Waals surface area contributed by atoms with Crippen LogP contribution >= 0.6 is 0 Å². The zero-order valence-corrected chi connectivity index (χ0v) is 18.8. The zero-order chi connectivity index (χ0) is 24.1. The van der Waals surface area contributed by atoms with Crippen molar-refractivity contribution < 1.29 is 18.3 Å². The van der Waals surface area contributed by atoms with Crippen molar-refractivity contribution in [1.82, 2.24) is 29.8 Å². The normalized spacial score (nSPS) is 16.2. The van der Waals surface area contributed by atoms with Crippen LogP contribution in [-0.2, 0) is 0 Å². The Hall–Kier alpha value is -4.15. The van der Waals surface area contributed by atoms with Gasteiger partial charge in [0.05, 0.1) is 34.5 Å². The van der Waals surface area contributed by atoms with Gasteiger partial charge in [0.15, 0.2) is 11.6 Å². The molecule has 0 radical (unpaired) electrons. The number of alkyl halides is 1. The standard InChI is InChI=1S/C24H21F2N7O2.CH4/c1-13-7-18(26)17(8-21(13)32-10-20(27-12-32)14-5-6-14)24(34)28-19-4-2-3-16-22(19)35-11-15(9-25)33-23(16)29-30-31-33;/h2-4,7-8,10,12,14-15H,5-6,9,11H2,1H3,(H,28,34);1H4/t15-;/m0./s1. The van der Waals surface area contributed by atoms with Crippen LogP contribution in [0.15, 0.2) is 42.9 Å². The van der Waals surface area contributed by atoms with E-state index in [-0.39, 0.29) is 19.6 Å². The van der Waals surface area contributed by atoms with Crippen molar-refractivity contribution in [3.63, 3.8) is 0 Å². The highest BCUT2D eigenvalue weighted by Crippen LogP contribution is 2.40. The Balaban J connectivity index is 0.00000267. The molecule has 1 saturated carbocycles. The van der Waals surface area contributed by atoms with E-state index in [2.05, 4.69) is 25.8 Å². The van der Waals surface area contributed by atoms with E-state index < -0.39 is 24.4 Å². The van der Waals surface area contributed by atoms with Crippen molar-refractivity contribution >= 4 is 11.6 Å². The van der Waals surface area contributed by atoms with Gasteiger partial charge in [0.25, 0.3) is 5.91 Å². The zero-order valence-electron chi connectivity index (χ0n) is 18.8. The topological polar surface area (TPSA) is 99.7 Å².